The Balaban J connectivity index is -0.0000000467. The van der Waals surface area contributed by atoms with Crippen molar-refractivity contribution in [1.82, 2.24) is 0 Å². The van der Waals surface area contributed by atoms with E-state index in [-0.39, 0.29) is 79.5 Å². The third-order valence-electron chi connectivity index (χ3n) is 3.75. The maximum Gasteiger partial charge on any atom is 5.00 e. The molecule has 35 heavy (non-hydrogen) atoms. The van der Waals surface area contributed by atoms with E-state index in [4.69, 9.17) is 0 Å². The first-order chi connectivity index (χ1) is 13.5. The van der Waals surface area contributed by atoms with E-state index in [2.05, 4.69) is 47.9 Å². The number of rotatable bonds is 0. The van der Waals surface area contributed by atoms with Crippen molar-refractivity contribution >= 4 is 0 Å². The Morgan fingerprint density at radius 2 is 0.257 bits per heavy atom. The van der Waals surface area contributed by atoms with Gasteiger partial charge >= 0.3 is 52.1 Å². The maximum absolute atomic E-state index is 4.20. The second kappa shape index (κ2) is 51.6. The Bertz CT molecular complexity index is 188. The molecule has 0 atom stereocenters. The number of hydrogen-bond donors (Lipinski definition) is 0. The average molecular weight is 625 g/mol. The van der Waals surface area contributed by atoms with Crippen LogP contribution in [0.5, 0.6) is 0 Å². The molecule has 3 rings (SSSR count). The predicted octanol–water partition coefficient (Wildman–Crippen LogP) is -0.768. The normalized spacial score (nSPS) is 18.5. The van der Waals surface area contributed by atoms with Gasteiger partial charge in [-0.05, 0) is 0 Å². The molecule has 0 aromatic carbocycles. The zero-order chi connectivity index (χ0) is 19.1. The van der Waals surface area contributed by atoms with Crippen molar-refractivity contribution in [2.75, 3.05) is 118 Å². The topological polar surface area (TPSA) is 284 Å². The van der Waals surface area contributed by atoms with Gasteiger partial charge in [-0.25, -0.2) is 0 Å². The van der Waals surface area contributed by atoms with E-state index >= 15 is 0 Å². The molecule has 0 aromatic heterocycles. The molecule has 3 saturated heterocycles. The van der Waals surface area contributed by atoms with Gasteiger partial charge in [-0.1, -0.05) is 0 Å². The molecule has 3 aliphatic rings. The van der Waals surface area contributed by atoms with Crippen LogP contribution in [0, 0.1) is 0 Å². The average Bonchev–Trinajstić information content (AvgIpc) is 3.03. The quantitative estimate of drug-likeness (QED) is 0.321. The summed E-state index contributed by atoms with van der Waals surface area (Å²) < 4.78 is 0. The summed E-state index contributed by atoms with van der Waals surface area (Å²) in [4.78, 5) is 0. The molecule has 0 saturated carbocycles. The molecule has 10 N–H and O–H groups in total. The van der Waals surface area contributed by atoms with E-state index in [1.165, 1.54) is 0 Å². The van der Waals surface area contributed by atoms with Crippen LogP contribution in [0.15, 0.2) is 0 Å². The van der Waals surface area contributed by atoms with Gasteiger partial charge in [0, 0.05) is 0 Å². The minimum atomic E-state index is 0. The van der Waals surface area contributed by atoms with Gasteiger partial charge in [-0.2, -0.15) is 118 Å². The fourth-order valence-electron chi connectivity index (χ4n) is 2.28. The van der Waals surface area contributed by atoms with Crippen LogP contribution in [0.3, 0.4) is 0 Å². The van der Waals surface area contributed by atoms with Crippen LogP contribution in [0.1, 0.15) is 0 Å². The first-order valence-electron chi connectivity index (χ1n) is 10.2. The van der Waals surface area contributed by atoms with Crippen molar-refractivity contribution in [2.45, 2.75) is 0 Å². The summed E-state index contributed by atoms with van der Waals surface area (Å²) in [7, 11) is 0. The van der Waals surface area contributed by atoms with Crippen LogP contribution in [0.4, 0.5) is 0 Å². The van der Waals surface area contributed by atoms with Crippen molar-refractivity contribution in [3.63, 3.8) is 0 Å². The molecule has 0 aromatic rings. The molecule has 0 amide bonds. The zero-order valence-electron chi connectivity index (χ0n) is 20.5. The van der Waals surface area contributed by atoms with E-state index in [0.29, 0.717) is 0 Å². The molecule has 3 fully saturated rings. The molecule has 14 nitrogen and oxygen atoms in total. The maximum atomic E-state index is 4.20. The van der Waals surface area contributed by atoms with Gasteiger partial charge in [0.05, 0.1) is 0 Å². The Kier molecular flexibility index (Phi) is 83.0. The van der Waals surface area contributed by atoms with Gasteiger partial charge in [-0.3, -0.25) is 0 Å². The summed E-state index contributed by atoms with van der Waals surface area (Å²) in [6.45, 7) is 16.2. The van der Waals surface area contributed by atoms with Crippen molar-refractivity contribution in [2.24, 2.45) is 0 Å². The Morgan fingerprint density at radius 3 is 0.314 bits per heavy atom. The first-order valence-corrected chi connectivity index (χ1v) is 10.2. The van der Waals surface area contributed by atoms with E-state index in [1.807, 2.05) is 0 Å². The Morgan fingerprint density at radius 1 is 0.200 bits per heavy atom. The largest absolute Gasteiger partial charge is 5.00 e. The van der Waals surface area contributed by atoms with Gasteiger partial charge in [0.15, 0.2) is 0 Å². The van der Waals surface area contributed by atoms with Crippen LogP contribution in [-0.2, 0) is 52.1 Å². The minimum absolute atomic E-state index is 0. The third-order valence-corrected chi connectivity index (χ3v) is 3.75. The molecule has 0 spiro atoms. The molecule has 0 bridgehead atoms. The van der Waals surface area contributed by atoms with Crippen LogP contribution < -0.4 is 0 Å². The van der Waals surface area contributed by atoms with Crippen molar-refractivity contribution in [1.29, 1.82) is 0 Å². The standard InChI is InChI=1S/3C6H12N3.3Cr.5H2O/c3*1-2-8-5-6-9-4-3-7-1;;;;;;;;/h3*1-6H2;;;;5*1H2/q3*-3;+3;2*+5;;;;;. The van der Waals surface area contributed by atoms with Crippen molar-refractivity contribution in [3.8, 4) is 0 Å². The SMILES string of the molecule is C1C[N-]CC[N-]CC[N-]1.C1C[N-]CC[N-]CC[N-]1.C1C[N-]CC[N-]CC[N-]1.O.O.O.O.O.[Cr+3].[Cr+5].[Cr+5]. The van der Waals surface area contributed by atoms with Crippen LogP contribution in [-0.4, -0.2) is 145 Å². The number of hydrogen-bond acceptors (Lipinski definition) is 0. The first kappa shape index (κ1) is 56.3. The minimum Gasteiger partial charge on any atom is -0.665 e. The van der Waals surface area contributed by atoms with Crippen LogP contribution in [0.2, 0.25) is 0 Å². The van der Waals surface area contributed by atoms with Crippen molar-refractivity contribution in [3.05, 3.63) is 47.9 Å². The predicted molar refractivity (Wildman–Crippen MR) is 136 cm³/mol. The fourth-order valence-corrected chi connectivity index (χ4v) is 2.28. The fraction of sp³-hybridized carbons (Fsp3) is 1.00. The monoisotopic (exact) mass is 624 g/mol. The molecular formula is C18H46Cr3N9O5+4. The molecule has 0 unspecified atom stereocenters. The van der Waals surface area contributed by atoms with E-state index in [1.54, 1.807) is 0 Å². The smallest absolute Gasteiger partial charge is 0.665 e. The number of nitrogens with zero attached hydrogens (tertiary/aromatic N) is 9. The van der Waals surface area contributed by atoms with Crippen molar-refractivity contribution < 1.29 is 79.5 Å². The second-order valence-corrected chi connectivity index (χ2v) is 6.04. The van der Waals surface area contributed by atoms with Gasteiger partial charge in [0.25, 0.3) is 0 Å². The second-order valence-electron chi connectivity index (χ2n) is 6.04. The van der Waals surface area contributed by atoms with Crippen LogP contribution >= 0.6 is 0 Å². The molecule has 3 aliphatic heterocycles. The summed E-state index contributed by atoms with van der Waals surface area (Å²) in [5.41, 5.74) is 0. The summed E-state index contributed by atoms with van der Waals surface area (Å²) >= 11 is 0. The van der Waals surface area contributed by atoms with E-state index in [0.717, 1.165) is 118 Å². The zero-order valence-corrected chi connectivity index (χ0v) is 24.3. The summed E-state index contributed by atoms with van der Waals surface area (Å²) in [5.74, 6) is 0. The molecule has 207 valence electrons. The van der Waals surface area contributed by atoms with Gasteiger partial charge in [0.1, 0.15) is 0 Å². The van der Waals surface area contributed by atoms with E-state index < -0.39 is 0 Å². The summed E-state index contributed by atoms with van der Waals surface area (Å²) in [5, 5.41) is 37.8. The summed E-state index contributed by atoms with van der Waals surface area (Å²) in [6.07, 6.45) is 0. The molecular weight excluding hydrogens is 578 g/mol. The van der Waals surface area contributed by atoms with Gasteiger partial charge in [0.2, 0.25) is 0 Å². The Hall–Kier alpha value is 1.04. The molecule has 17 heteroatoms. The van der Waals surface area contributed by atoms with Crippen LogP contribution in [0.25, 0.3) is 47.9 Å². The molecule has 0 aliphatic carbocycles. The van der Waals surface area contributed by atoms with Gasteiger partial charge in [-0.15, -0.1) is 0 Å². The van der Waals surface area contributed by atoms with E-state index in [9.17, 15) is 0 Å². The summed E-state index contributed by atoms with van der Waals surface area (Å²) in [6, 6.07) is 0. The Labute approximate surface area is 244 Å². The molecule has 3 radical (unpaired) electrons. The third kappa shape index (κ3) is 48.6. The molecule has 3 heterocycles. The van der Waals surface area contributed by atoms with Gasteiger partial charge < -0.3 is 75.2 Å².